The summed E-state index contributed by atoms with van der Waals surface area (Å²) in [5.41, 5.74) is 0. The largest absolute Gasteiger partial charge is 0.481 e. The average Bonchev–Trinajstić information content (AvgIpc) is 2.14. The highest BCUT2D eigenvalue weighted by Gasteiger charge is 2.21. The molecular formula is C12H23NO2. The van der Waals surface area contributed by atoms with Gasteiger partial charge in [-0.1, -0.05) is 6.92 Å². The van der Waals surface area contributed by atoms with E-state index in [1.54, 1.807) is 0 Å². The summed E-state index contributed by atoms with van der Waals surface area (Å²) in [7, 11) is 0. The van der Waals surface area contributed by atoms with Gasteiger partial charge in [0.15, 0.2) is 0 Å². The maximum absolute atomic E-state index is 10.3. The summed E-state index contributed by atoms with van der Waals surface area (Å²) in [6, 6.07) is 0.679. The van der Waals surface area contributed by atoms with Crippen molar-refractivity contribution in [1.82, 2.24) is 4.90 Å². The van der Waals surface area contributed by atoms with E-state index in [0.717, 1.165) is 25.3 Å². The van der Waals surface area contributed by atoms with Crippen LogP contribution in [0, 0.1) is 5.92 Å². The van der Waals surface area contributed by atoms with Crippen LogP contribution in [0.3, 0.4) is 0 Å². The molecule has 0 aromatic rings. The van der Waals surface area contributed by atoms with E-state index >= 15 is 0 Å². The first kappa shape index (κ1) is 12.5. The SMILES string of the molecule is CC1CCN(CCCCC(=O)O)C(C)C1. The van der Waals surface area contributed by atoms with Gasteiger partial charge in [-0.05, 0) is 51.6 Å². The Morgan fingerprint density at radius 2 is 2.13 bits per heavy atom. The van der Waals surface area contributed by atoms with Crippen LogP contribution in [0.5, 0.6) is 0 Å². The Labute approximate surface area is 92.5 Å². The molecule has 1 N–H and O–H groups in total. The number of carboxylic acid groups (broad SMARTS) is 1. The second kappa shape index (κ2) is 6.11. The van der Waals surface area contributed by atoms with Crippen molar-refractivity contribution in [3.05, 3.63) is 0 Å². The topological polar surface area (TPSA) is 40.5 Å². The van der Waals surface area contributed by atoms with Crippen LogP contribution >= 0.6 is 0 Å². The molecule has 0 amide bonds. The number of carboxylic acids is 1. The Bertz CT molecular complexity index is 206. The Kier molecular flexibility index (Phi) is 5.09. The van der Waals surface area contributed by atoms with E-state index < -0.39 is 5.97 Å². The first-order valence-electron chi connectivity index (χ1n) is 6.05. The molecule has 1 rings (SSSR count). The van der Waals surface area contributed by atoms with Crippen molar-refractivity contribution in [2.24, 2.45) is 5.92 Å². The Balaban J connectivity index is 2.13. The molecule has 0 saturated carbocycles. The van der Waals surface area contributed by atoms with Crippen LogP contribution in [-0.2, 0) is 4.79 Å². The molecule has 1 aliphatic heterocycles. The fourth-order valence-corrected chi connectivity index (χ4v) is 2.38. The summed E-state index contributed by atoms with van der Waals surface area (Å²) in [5.74, 6) is 0.186. The Morgan fingerprint density at radius 1 is 1.40 bits per heavy atom. The average molecular weight is 213 g/mol. The smallest absolute Gasteiger partial charge is 0.303 e. The molecule has 88 valence electrons. The normalized spacial score (nSPS) is 27.9. The van der Waals surface area contributed by atoms with Gasteiger partial charge in [-0.25, -0.2) is 0 Å². The molecule has 2 unspecified atom stereocenters. The number of hydrogen-bond donors (Lipinski definition) is 1. The lowest BCUT2D eigenvalue weighted by atomic mass is 9.93. The summed E-state index contributed by atoms with van der Waals surface area (Å²) in [4.78, 5) is 12.8. The van der Waals surface area contributed by atoms with E-state index in [4.69, 9.17) is 5.11 Å². The fraction of sp³-hybridized carbons (Fsp3) is 0.917. The number of unbranched alkanes of at least 4 members (excludes halogenated alkanes) is 1. The van der Waals surface area contributed by atoms with Crippen LogP contribution in [0.2, 0.25) is 0 Å². The molecule has 0 bridgehead atoms. The van der Waals surface area contributed by atoms with Crippen LogP contribution in [0.25, 0.3) is 0 Å². The quantitative estimate of drug-likeness (QED) is 0.713. The van der Waals surface area contributed by atoms with Gasteiger partial charge in [-0.15, -0.1) is 0 Å². The Morgan fingerprint density at radius 3 is 2.73 bits per heavy atom. The van der Waals surface area contributed by atoms with Gasteiger partial charge in [0.25, 0.3) is 0 Å². The van der Waals surface area contributed by atoms with E-state index in [0.29, 0.717) is 12.5 Å². The molecule has 0 aliphatic carbocycles. The summed E-state index contributed by atoms with van der Waals surface area (Å²) in [6.45, 7) is 6.86. The highest BCUT2D eigenvalue weighted by molar-refractivity contribution is 5.66. The summed E-state index contributed by atoms with van der Waals surface area (Å²) < 4.78 is 0. The predicted molar refractivity (Wildman–Crippen MR) is 60.9 cm³/mol. The molecular weight excluding hydrogens is 190 g/mol. The predicted octanol–water partition coefficient (Wildman–Crippen LogP) is 2.36. The van der Waals surface area contributed by atoms with E-state index in [1.165, 1.54) is 19.4 Å². The van der Waals surface area contributed by atoms with Gasteiger partial charge < -0.3 is 10.0 Å². The van der Waals surface area contributed by atoms with Crippen LogP contribution in [0.1, 0.15) is 46.0 Å². The highest BCUT2D eigenvalue weighted by atomic mass is 16.4. The van der Waals surface area contributed by atoms with Gasteiger partial charge in [-0.2, -0.15) is 0 Å². The first-order valence-corrected chi connectivity index (χ1v) is 6.05. The minimum atomic E-state index is -0.671. The third-order valence-corrected chi connectivity index (χ3v) is 3.36. The van der Waals surface area contributed by atoms with Gasteiger partial charge in [0.2, 0.25) is 0 Å². The first-order chi connectivity index (χ1) is 7.09. The zero-order valence-electron chi connectivity index (χ0n) is 9.91. The lowest BCUT2D eigenvalue weighted by molar-refractivity contribution is -0.137. The van der Waals surface area contributed by atoms with Crippen molar-refractivity contribution in [2.45, 2.75) is 52.0 Å². The van der Waals surface area contributed by atoms with E-state index in [-0.39, 0.29) is 0 Å². The van der Waals surface area contributed by atoms with E-state index in [1.807, 2.05) is 0 Å². The van der Waals surface area contributed by atoms with Gasteiger partial charge >= 0.3 is 5.97 Å². The molecule has 0 aromatic carbocycles. The van der Waals surface area contributed by atoms with Gasteiger partial charge in [-0.3, -0.25) is 4.79 Å². The third kappa shape index (κ3) is 4.65. The standard InChI is InChI=1S/C12H23NO2/c1-10-6-8-13(11(2)9-10)7-4-3-5-12(14)15/h10-11H,3-9H2,1-2H3,(H,14,15). The molecule has 2 atom stereocenters. The summed E-state index contributed by atoms with van der Waals surface area (Å²) in [6.07, 6.45) is 4.74. The molecule has 0 spiro atoms. The number of rotatable bonds is 5. The highest BCUT2D eigenvalue weighted by Crippen LogP contribution is 2.22. The Hall–Kier alpha value is -0.570. The lowest BCUT2D eigenvalue weighted by Gasteiger charge is -2.36. The number of piperidine rings is 1. The molecule has 1 heterocycles. The molecule has 1 fully saturated rings. The summed E-state index contributed by atoms with van der Waals surface area (Å²) >= 11 is 0. The van der Waals surface area contributed by atoms with E-state index in [2.05, 4.69) is 18.7 Å². The fourth-order valence-electron chi connectivity index (χ4n) is 2.38. The number of carbonyl (C=O) groups is 1. The molecule has 3 heteroatoms. The maximum Gasteiger partial charge on any atom is 0.303 e. The van der Waals surface area contributed by atoms with Crippen LogP contribution < -0.4 is 0 Å². The van der Waals surface area contributed by atoms with Gasteiger partial charge in [0.05, 0.1) is 0 Å². The zero-order valence-corrected chi connectivity index (χ0v) is 9.91. The van der Waals surface area contributed by atoms with Gasteiger partial charge in [0, 0.05) is 12.5 Å². The number of likely N-dealkylation sites (tertiary alicyclic amines) is 1. The van der Waals surface area contributed by atoms with E-state index in [9.17, 15) is 4.79 Å². The van der Waals surface area contributed by atoms with Crippen molar-refractivity contribution in [3.63, 3.8) is 0 Å². The summed E-state index contributed by atoms with van der Waals surface area (Å²) in [5, 5.41) is 8.52. The monoisotopic (exact) mass is 213 g/mol. The van der Waals surface area contributed by atoms with Crippen LogP contribution in [0.15, 0.2) is 0 Å². The second-order valence-corrected chi connectivity index (χ2v) is 4.87. The van der Waals surface area contributed by atoms with Crippen molar-refractivity contribution in [1.29, 1.82) is 0 Å². The van der Waals surface area contributed by atoms with Crippen LogP contribution in [-0.4, -0.2) is 35.1 Å². The number of aliphatic carboxylic acids is 1. The van der Waals surface area contributed by atoms with Crippen molar-refractivity contribution in [2.75, 3.05) is 13.1 Å². The molecule has 3 nitrogen and oxygen atoms in total. The molecule has 15 heavy (non-hydrogen) atoms. The molecule has 1 saturated heterocycles. The number of hydrogen-bond acceptors (Lipinski definition) is 2. The van der Waals surface area contributed by atoms with Crippen molar-refractivity contribution >= 4 is 5.97 Å². The van der Waals surface area contributed by atoms with Crippen molar-refractivity contribution in [3.8, 4) is 0 Å². The molecule has 0 radical (unpaired) electrons. The minimum Gasteiger partial charge on any atom is -0.481 e. The number of nitrogens with zero attached hydrogens (tertiary/aromatic N) is 1. The van der Waals surface area contributed by atoms with Gasteiger partial charge in [0.1, 0.15) is 0 Å². The lowest BCUT2D eigenvalue weighted by Crippen LogP contribution is -2.40. The second-order valence-electron chi connectivity index (χ2n) is 4.87. The zero-order chi connectivity index (χ0) is 11.3. The van der Waals surface area contributed by atoms with Crippen LogP contribution in [0.4, 0.5) is 0 Å². The maximum atomic E-state index is 10.3. The third-order valence-electron chi connectivity index (χ3n) is 3.36. The minimum absolute atomic E-state index is 0.318. The molecule has 0 aromatic heterocycles. The molecule has 1 aliphatic rings. The van der Waals surface area contributed by atoms with Crippen molar-refractivity contribution < 1.29 is 9.90 Å².